The molecular formula is C38H77NO5. The summed E-state index contributed by atoms with van der Waals surface area (Å²) in [7, 11) is 0. The molecule has 0 radical (unpaired) electrons. The summed E-state index contributed by atoms with van der Waals surface area (Å²) in [6.45, 7) is 4.13. The van der Waals surface area contributed by atoms with E-state index in [1.54, 1.807) is 0 Å². The molecule has 0 aliphatic rings. The summed E-state index contributed by atoms with van der Waals surface area (Å²) in [4.78, 5) is 12.4. The second-order valence-electron chi connectivity index (χ2n) is 13.7. The van der Waals surface area contributed by atoms with E-state index in [-0.39, 0.29) is 13.0 Å². The van der Waals surface area contributed by atoms with Crippen LogP contribution in [0.25, 0.3) is 0 Å². The smallest absolute Gasteiger partial charge is 0.249 e. The number of rotatable bonds is 35. The Morgan fingerprint density at radius 2 is 0.818 bits per heavy atom. The molecule has 4 unspecified atom stereocenters. The molecule has 5 N–H and O–H groups in total. The van der Waals surface area contributed by atoms with Crippen molar-refractivity contribution in [2.24, 2.45) is 0 Å². The van der Waals surface area contributed by atoms with Crippen LogP contribution in [0.5, 0.6) is 0 Å². The molecule has 44 heavy (non-hydrogen) atoms. The van der Waals surface area contributed by atoms with Gasteiger partial charge in [-0.1, -0.05) is 187 Å². The van der Waals surface area contributed by atoms with Crippen molar-refractivity contribution in [2.45, 2.75) is 231 Å². The van der Waals surface area contributed by atoms with Gasteiger partial charge in [-0.3, -0.25) is 4.79 Å². The first-order chi connectivity index (χ1) is 21.5. The van der Waals surface area contributed by atoms with Crippen molar-refractivity contribution in [3.05, 3.63) is 0 Å². The largest absolute Gasteiger partial charge is 0.394 e. The van der Waals surface area contributed by atoms with Gasteiger partial charge in [0.25, 0.3) is 0 Å². The van der Waals surface area contributed by atoms with Gasteiger partial charge in [0.05, 0.1) is 24.9 Å². The molecule has 6 nitrogen and oxygen atoms in total. The number of hydrogen-bond acceptors (Lipinski definition) is 5. The fraction of sp³-hybridized carbons (Fsp3) is 0.974. The third-order valence-corrected chi connectivity index (χ3v) is 9.28. The van der Waals surface area contributed by atoms with Gasteiger partial charge in [0.1, 0.15) is 6.10 Å². The molecule has 0 aromatic rings. The van der Waals surface area contributed by atoms with Crippen LogP contribution in [0.1, 0.15) is 206 Å². The molecule has 0 bridgehead atoms. The number of carbonyl (C=O) groups is 1. The van der Waals surface area contributed by atoms with Crippen LogP contribution in [-0.4, -0.2) is 57.3 Å². The van der Waals surface area contributed by atoms with E-state index >= 15 is 0 Å². The van der Waals surface area contributed by atoms with Crippen LogP contribution in [0.3, 0.4) is 0 Å². The summed E-state index contributed by atoms with van der Waals surface area (Å²) in [5.74, 6) is -0.632. The van der Waals surface area contributed by atoms with Gasteiger partial charge in [0, 0.05) is 6.42 Å². The van der Waals surface area contributed by atoms with E-state index in [0.29, 0.717) is 12.8 Å². The fourth-order valence-electron chi connectivity index (χ4n) is 6.17. The van der Waals surface area contributed by atoms with Crippen molar-refractivity contribution in [2.75, 3.05) is 6.61 Å². The lowest BCUT2D eigenvalue weighted by atomic mass is 10.0. The Balaban J connectivity index is 3.72. The monoisotopic (exact) mass is 628 g/mol. The van der Waals surface area contributed by atoms with Gasteiger partial charge in [-0.2, -0.15) is 0 Å². The first-order valence-electron chi connectivity index (χ1n) is 19.4. The summed E-state index contributed by atoms with van der Waals surface area (Å²) >= 11 is 0. The van der Waals surface area contributed by atoms with Crippen molar-refractivity contribution in [1.29, 1.82) is 0 Å². The van der Waals surface area contributed by atoms with Gasteiger partial charge in [-0.25, -0.2) is 0 Å². The van der Waals surface area contributed by atoms with E-state index in [9.17, 15) is 25.2 Å². The minimum Gasteiger partial charge on any atom is -0.394 e. The molecule has 0 rings (SSSR count). The van der Waals surface area contributed by atoms with Gasteiger partial charge in [0.2, 0.25) is 5.91 Å². The average molecular weight is 628 g/mol. The van der Waals surface area contributed by atoms with Crippen molar-refractivity contribution in [1.82, 2.24) is 5.32 Å². The van der Waals surface area contributed by atoms with Crippen LogP contribution in [0.15, 0.2) is 0 Å². The quantitative estimate of drug-likeness (QED) is 0.0450. The van der Waals surface area contributed by atoms with Crippen LogP contribution < -0.4 is 5.32 Å². The number of aliphatic hydroxyl groups is 4. The van der Waals surface area contributed by atoms with E-state index in [0.717, 1.165) is 32.1 Å². The lowest BCUT2D eigenvalue weighted by Gasteiger charge is -2.24. The average Bonchev–Trinajstić information content (AvgIpc) is 3.01. The number of unbranched alkanes of at least 4 members (excludes halogenated alkanes) is 25. The molecule has 0 fully saturated rings. The van der Waals surface area contributed by atoms with Gasteiger partial charge < -0.3 is 25.7 Å². The lowest BCUT2D eigenvalue weighted by molar-refractivity contribution is -0.133. The minimum absolute atomic E-state index is 0.0165. The third kappa shape index (κ3) is 28.8. The number of nitrogens with one attached hydrogen (secondary N) is 1. The molecule has 264 valence electrons. The van der Waals surface area contributed by atoms with Gasteiger partial charge in [-0.05, 0) is 12.8 Å². The molecule has 0 aliphatic heterocycles. The molecule has 4 atom stereocenters. The highest BCUT2D eigenvalue weighted by Gasteiger charge is 2.25. The SMILES string of the molecule is CCCCCCCCCCCCCCCCCCCC(O)CC(O)C(=O)NC(CO)C(O)CCCCCCCCCCCC. The predicted molar refractivity (Wildman–Crippen MR) is 187 cm³/mol. The zero-order valence-corrected chi connectivity index (χ0v) is 29.4. The van der Waals surface area contributed by atoms with Crippen molar-refractivity contribution < 1.29 is 25.2 Å². The number of carbonyl (C=O) groups excluding carboxylic acids is 1. The van der Waals surface area contributed by atoms with Gasteiger partial charge >= 0.3 is 0 Å². The summed E-state index contributed by atoms with van der Waals surface area (Å²) in [5, 5.41) is 43.3. The maximum absolute atomic E-state index is 12.4. The maximum atomic E-state index is 12.4. The molecule has 0 saturated heterocycles. The fourth-order valence-corrected chi connectivity index (χ4v) is 6.17. The highest BCUT2D eigenvalue weighted by atomic mass is 16.3. The maximum Gasteiger partial charge on any atom is 0.249 e. The second kappa shape index (κ2) is 33.7. The lowest BCUT2D eigenvalue weighted by Crippen LogP contribution is -2.49. The number of amides is 1. The molecule has 0 heterocycles. The van der Waals surface area contributed by atoms with Crippen LogP contribution in [0, 0.1) is 0 Å². The third-order valence-electron chi connectivity index (χ3n) is 9.28. The normalized spacial score (nSPS) is 14.4. The number of aliphatic hydroxyl groups excluding tert-OH is 4. The van der Waals surface area contributed by atoms with Crippen molar-refractivity contribution in [3.63, 3.8) is 0 Å². The molecule has 0 aromatic heterocycles. The zero-order chi connectivity index (χ0) is 32.5. The second-order valence-corrected chi connectivity index (χ2v) is 13.7. The Hall–Kier alpha value is -0.690. The van der Waals surface area contributed by atoms with Crippen LogP contribution in [0.2, 0.25) is 0 Å². The zero-order valence-electron chi connectivity index (χ0n) is 29.4. The van der Waals surface area contributed by atoms with Gasteiger partial charge in [0.15, 0.2) is 0 Å². The summed E-state index contributed by atoms with van der Waals surface area (Å²) in [5.41, 5.74) is 0. The summed E-state index contributed by atoms with van der Waals surface area (Å²) in [6.07, 6.45) is 32.5. The number of hydrogen-bond donors (Lipinski definition) is 5. The van der Waals surface area contributed by atoms with Crippen molar-refractivity contribution >= 4 is 5.91 Å². The van der Waals surface area contributed by atoms with E-state index in [1.807, 2.05) is 0 Å². The van der Waals surface area contributed by atoms with Crippen LogP contribution in [-0.2, 0) is 4.79 Å². The Morgan fingerprint density at radius 3 is 1.16 bits per heavy atom. The standard InChI is InChI=1S/C38H77NO5/c1-3-5-7-9-11-13-15-16-17-18-19-20-21-22-24-26-28-30-34(41)32-37(43)38(44)39-35(33-40)36(42)31-29-27-25-23-14-12-10-8-6-4-2/h34-37,40-43H,3-33H2,1-2H3,(H,39,44). The highest BCUT2D eigenvalue weighted by Crippen LogP contribution is 2.16. The minimum atomic E-state index is -1.34. The highest BCUT2D eigenvalue weighted by molar-refractivity contribution is 5.80. The Kier molecular flexibility index (Phi) is 33.1. The predicted octanol–water partition coefficient (Wildman–Crippen LogP) is 9.29. The first-order valence-corrected chi connectivity index (χ1v) is 19.4. The molecule has 0 spiro atoms. The summed E-state index contributed by atoms with van der Waals surface area (Å²) in [6, 6.07) is -0.794. The molecule has 0 saturated carbocycles. The Bertz CT molecular complexity index is 590. The molecule has 0 aliphatic carbocycles. The van der Waals surface area contributed by atoms with E-state index in [1.165, 1.54) is 141 Å². The molecular weight excluding hydrogens is 550 g/mol. The summed E-state index contributed by atoms with van der Waals surface area (Å²) < 4.78 is 0. The molecule has 1 amide bonds. The van der Waals surface area contributed by atoms with Gasteiger partial charge in [-0.15, -0.1) is 0 Å². The topological polar surface area (TPSA) is 110 Å². The van der Waals surface area contributed by atoms with E-state index < -0.39 is 30.3 Å². The van der Waals surface area contributed by atoms with Crippen LogP contribution >= 0.6 is 0 Å². The van der Waals surface area contributed by atoms with E-state index in [2.05, 4.69) is 19.2 Å². The van der Waals surface area contributed by atoms with Crippen molar-refractivity contribution in [3.8, 4) is 0 Å². The van der Waals surface area contributed by atoms with Crippen LogP contribution in [0.4, 0.5) is 0 Å². The Morgan fingerprint density at radius 1 is 0.500 bits per heavy atom. The molecule has 0 aromatic carbocycles. The van der Waals surface area contributed by atoms with E-state index in [4.69, 9.17) is 0 Å². The molecule has 6 heteroatoms. The first kappa shape index (κ1) is 43.3. The Labute approximate surface area is 273 Å².